The monoisotopic (exact) mass is 1040 g/mol. The average molecular weight is 1030 g/mol. The molecular formula is C49H87B33. The smallest absolute Gasteiger partial charge is 0.113 e. The summed E-state index contributed by atoms with van der Waals surface area (Å²) in [6.07, 6.45) is 3.07. The van der Waals surface area contributed by atoms with Gasteiger partial charge in [-0.2, -0.15) is 0 Å². The van der Waals surface area contributed by atoms with Crippen molar-refractivity contribution in [2.45, 2.75) is 104 Å². The van der Waals surface area contributed by atoms with Crippen molar-refractivity contribution >= 4 is 320 Å². The molecule has 0 fully saturated rings. The van der Waals surface area contributed by atoms with E-state index in [1.54, 1.807) is 70.9 Å². The molecule has 0 heterocycles. The first kappa shape index (κ1) is 67.5. The van der Waals surface area contributed by atoms with Gasteiger partial charge >= 0.3 is 0 Å². The molecule has 1 aliphatic rings. The molecule has 6 aromatic rings. The van der Waals surface area contributed by atoms with Gasteiger partial charge in [0.05, 0.1) is 178 Å². The summed E-state index contributed by atoms with van der Waals surface area (Å²) in [5.74, 6) is 0.687. The van der Waals surface area contributed by atoms with Crippen LogP contribution in [0.4, 0.5) is 0 Å². The molecule has 2 unspecified atom stereocenters. The molecule has 0 nitrogen and oxygen atoms in total. The van der Waals surface area contributed by atoms with E-state index in [4.69, 9.17) is 0 Å². The third kappa shape index (κ3) is 10.5. The fraction of sp³-hybridized carbons (Fsp3) is 0.347. The molecular weight excluding hydrogens is 945 g/mol. The van der Waals surface area contributed by atoms with Crippen molar-refractivity contribution < 1.29 is 0 Å². The van der Waals surface area contributed by atoms with Gasteiger partial charge in [-0.05, 0) is 234 Å². The molecule has 0 amide bonds. The van der Waals surface area contributed by atoms with Crippen LogP contribution in [0.25, 0.3) is 54.6 Å². The first-order chi connectivity index (χ1) is 38.2. The number of rotatable bonds is 17. The first-order valence-electron chi connectivity index (χ1n) is 33.7. The molecule has 0 radical (unpaired) electrons. The van der Waals surface area contributed by atoms with Crippen LogP contribution in [0.15, 0.2) is 0 Å². The van der Waals surface area contributed by atoms with Crippen LogP contribution >= 0.6 is 0 Å². The summed E-state index contributed by atoms with van der Waals surface area (Å²) < 4.78 is 0. The lowest BCUT2D eigenvalue weighted by Gasteiger charge is -2.42. The Balaban J connectivity index is 1.94. The van der Waals surface area contributed by atoms with Gasteiger partial charge in [0.2, 0.25) is 0 Å². The summed E-state index contributed by atoms with van der Waals surface area (Å²) >= 11 is 0. The largest absolute Gasteiger partial charge is 0.139 e. The second kappa shape index (κ2) is 25.6. The van der Waals surface area contributed by atoms with E-state index >= 15 is 0 Å². The maximum absolute atomic E-state index is 2.65. The predicted molar refractivity (Wildman–Crippen MR) is 460 cm³/mol. The summed E-state index contributed by atoms with van der Waals surface area (Å²) in [5.41, 5.74) is 36.9. The lowest BCUT2D eigenvalue weighted by Crippen LogP contribution is -2.80. The van der Waals surface area contributed by atoms with Crippen molar-refractivity contribution in [1.82, 2.24) is 0 Å². The van der Waals surface area contributed by atoms with Gasteiger partial charge in [0.15, 0.2) is 0 Å². The normalized spacial score (nSPS) is 13.9. The topological polar surface area (TPSA) is 0 Å². The minimum Gasteiger partial charge on any atom is -0.113 e. The van der Waals surface area contributed by atoms with Crippen molar-refractivity contribution in [3.63, 3.8) is 0 Å². The zero-order valence-electron chi connectivity index (χ0n) is 59.3. The molecule has 0 aliphatic heterocycles. The van der Waals surface area contributed by atoms with Gasteiger partial charge in [0, 0.05) is 45.4 Å². The van der Waals surface area contributed by atoms with Gasteiger partial charge in [0.25, 0.3) is 0 Å². The minimum absolute atomic E-state index is 0.322. The van der Waals surface area contributed by atoms with Gasteiger partial charge in [-0.3, -0.25) is 0 Å². The van der Waals surface area contributed by atoms with Crippen LogP contribution < -0.4 is 48.7 Å². The van der Waals surface area contributed by atoms with Crippen LogP contribution in [-0.2, 0) is 0 Å². The molecule has 0 saturated heterocycles. The summed E-state index contributed by atoms with van der Waals surface area (Å²) in [4.78, 5) is 0. The third-order valence-electron chi connectivity index (χ3n) is 23.9. The van der Waals surface area contributed by atoms with E-state index in [0.29, 0.717) is 82.6 Å². The highest BCUT2D eigenvalue weighted by Gasteiger charge is 2.44. The number of hydrogen-bond acceptors (Lipinski definition) is 0. The molecule has 0 N–H and O–H groups in total. The van der Waals surface area contributed by atoms with Crippen LogP contribution in [0.2, 0.25) is 0 Å². The molecule has 0 spiro atoms. The fourth-order valence-electron chi connectivity index (χ4n) is 18.1. The Hall–Kier alpha value is -2.02. The molecule has 1 aliphatic carbocycles. The Morgan fingerprint density at radius 2 is 0.817 bits per heavy atom. The van der Waals surface area contributed by atoms with E-state index < -0.39 is 0 Å². The van der Waals surface area contributed by atoms with Crippen LogP contribution in [0.5, 0.6) is 0 Å². The zero-order valence-corrected chi connectivity index (χ0v) is 59.3. The first-order valence-corrected chi connectivity index (χ1v) is 33.7. The molecule has 6 aromatic carbocycles. The molecule has 0 bridgehead atoms. The maximum atomic E-state index is 2.65. The summed E-state index contributed by atoms with van der Waals surface area (Å²) in [6, 6.07) is 0. The van der Waals surface area contributed by atoms with Gasteiger partial charge in [-0.15, -0.1) is 10.9 Å². The van der Waals surface area contributed by atoms with Crippen LogP contribution in [0, 0.1) is 94.9 Å². The van der Waals surface area contributed by atoms with Crippen LogP contribution in [0.1, 0.15) is 93.1 Å². The quantitative estimate of drug-likeness (QED) is 0.0799. The Kier molecular flexibility index (Phi) is 21.1. The molecule has 7 rings (SSSR count). The number of fused-ring (bicyclic) bond motifs is 4. The van der Waals surface area contributed by atoms with Gasteiger partial charge < -0.3 is 0 Å². The minimum atomic E-state index is 0.322. The van der Waals surface area contributed by atoms with Crippen molar-refractivity contribution in [2.75, 3.05) is 0 Å². The average Bonchev–Trinajstić information content (AvgIpc) is 1.31. The molecule has 0 saturated carbocycles. The second-order valence-corrected chi connectivity index (χ2v) is 29.6. The highest BCUT2D eigenvalue weighted by atomic mass is 14.4. The van der Waals surface area contributed by atoms with E-state index in [9.17, 15) is 0 Å². The fourth-order valence-corrected chi connectivity index (χ4v) is 18.1. The van der Waals surface area contributed by atoms with Crippen LogP contribution in [0.3, 0.4) is 0 Å². The molecule has 382 valence electrons. The SMILES string of the molecule is BBB(B)B(B(B)B)c1c(B(B(B)B)B(B)B)c(B(BB)B(B)B)c(B(B)B(B)B)c2c(B(B)BB)c(C3=c4c(C)c5c(C)c(C)c(C)c(-c6c(C)c(C)c7c(C)c(C)c(C)c(C)c7c6C)c5c(C)c4=C(C)C(C)C3C)c(BB)c(B)c12. The van der Waals surface area contributed by atoms with Crippen LogP contribution in [-0.4, -0.2) is 239 Å². The van der Waals surface area contributed by atoms with E-state index in [1.165, 1.54) is 112 Å². The van der Waals surface area contributed by atoms with E-state index in [0.717, 1.165) is 21.3 Å². The Morgan fingerprint density at radius 3 is 1.27 bits per heavy atom. The van der Waals surface area contributed by atoms with E-state index in [-0.39, 0.29) is 0 Å². The van der Waals surface area contributed by atoms with Gasteiger partial charge in [-0.1, -0.05) is 46.7 Å². The summed E-state index contributed by atoms with van der Waals surface area (Å²) in [6.45, 7) is 39.1. The third-order valence-corrected chi connectivity index (χ3v) is 23.9. The highest BCUT2D eigenvalue weighted by Crippen LogP contribution is 2.47. The van der Waals surface area contributed by atoms with E-state index in [1.807, 2.05) is 0 Å². The standard InChI is InChI=1S/C49H87B33/c1-16-17(2)21(6)32-28(13)35(27(12)26(11)31(32)20(16)5)36-24(9)18(3)22(7)33-30(15)39-34(29(14)38(33)36)23(8)19(4)25(10)37(39)41-44(68-51)43(50)40-42(45(41)72(55)69-52)46(73(56)77(57)58)48(74(70-53)78(59)60)49(75(79(61)62)80(63)64)47(40)76(81(65)66)82(67)71-54/h19,25,68-71H,50-67H2,1-15H3. The van der Waals surface area contributed by atoms with Gasteiger partial charge in [0.1, 0.15) is 15.0 Å². The Morgan fingerprint density at radius 1 is 0.354 bits per heavy atom. The van der Waals surface area contributed by atoms with Crippen molar-refractivity contribution in [2.24, 2.45) is 11.8 Å². The maximum Gasteiger partial charge on any atom is 0.139 e. The summed E-state index contributed by atoms with van der Waals surface area (Å²) in [7, 11) is 50.6. The molecule has 33 heteroatoms. The Bertz CT molecular complexity index is 3700. The number of hydrogen-bond donors (Lipinski definition) is 0. The predicted octanol–water partition coefficient (Wildman–Crippen LogP) is -16.9. The summed E-state index contributed by atoms with van der Waals surface area (Å²) in [5, 5.41) is 12.3. The molecule has 2 atom stereocenters. The Labute approximate surface area is 525 Å². The van der Waals surface area contributed by atoms with Gasteiger partial charge in [-0.25, -0.2) is 0 Å². The van der Waals surface area contributed by atoms with Crippen molar-refractivity contribution in [1.29, 1.82) is 0 Å². The number of aryl methyl sites for hydroxylation is 7. The lowest BCUT2D eigenvalue weighted by atomic mass is 8.66. The van der Waals surface area contributed by atoms with Crippen molar-refractivity contribution in [3.8, 4) is 11.1 Å². The zero-order chi connectivity index (χ0) is 61.8. The van der Waals surface area contributed by atoms with Crippen molar-refractivity contribution in [3.05, 3.63) is 82.8 Å². The molecule has 0 aromatic heterocycles. The lowest BCUT2D eigenvalue weighted by molar-refractivity contribution is 0.574. The van der Waals surface area contributed by atoms with E-state index in [2.05, 4.69) is 243 Å². The number of benzene rings is 6. The highest BCUT2D eigenvalue weighted by molar-refractivity contribution is 7.89. The molecule has 82 heavy (non-hydrogen) atoms. The second-order valence-electron chi connectivity index (χ2n) is 29.6.